The molecule has 5 heteroatoms. The zero-order chi connectivity index (χ0) is 19.7. The minimum absolute atomic E-state index is 0.0135. The maximum atomic E-state index is 13.2. The van der Waals surface area contributed by atoms with Crippen LogP contribution in [0.5, 0.6) is 0 Å². The van der Waals surface area contributed by atoms with Crippen molar-refractivity contribution in [2.45, 2.75) is 20.3 Å². The SMILES string of the molecule is CCN1C(=C2SC(=S)N(CCc3ccccc3)C2=O)C=Cc2cc(C)ccc21. The number of hydrogen-bond donors (Lipinski definition) is 0. The highest BCUT2D eigenvalue weighted by atomic mass is 32.2. The fourth-order valence-electron chi connectivity index (χ4n) is 3.61. The highest BCUT2D eigenvalue weighted by molar-refractivity contribution is 8.26. The minimum Gasteiger partial charge on any atom is -0.340 e. The van der Waals surface area contributed by atoms with Gasteiger partial charge in [-0.05, 0) is 49.6 Å². The molecule has 0 unspecified atom stereocenters. The van der Waals surface area contributed by atoms with Crippen molar-refractivity contribution in [3.63, 3.8) is 0 Å². The first-order chi connectivity index (χ1) is 13.6. The lowest BCUT2D eigenvalue weighted by molar-refractivity contribution is -0.122. The van der Waals surface area contributed by atoms with E-state index < -0.39 is 0 Å². The first-order valence-electron chi connectivity index (χ1n) is 9.46. The molecule has 0 aromatic heterocycles. The average molecular weight is 407 g/mol. The number of rotatable bonds is 4. The third-order valence-electron chi connectivity index (χ3n) is 5.05. The summed E-state index contributed by atoms with van der Waals surface area (Å²) in [6.45, 7) is 5.61. The van der Waals surface area contributed by atoms with Crippen molar-refractivity contribution in [1.29, 1.82) is 0 Å². The fourth-order valence-corrected chi connectivity index (χ4v) is 4.98. The van der Waals surface area contributed by atoms with Gasteiger partial charge in [-0.15, -0.1) is 0 Å². The molecular weight excluding hydrogens is 384 g/mol. The number of carbonyl (C=O) groups is 1. The molecule has 28 heavy (non-hydrogen) atoms. The molecule has 1 saturated heterocycles. The van der Waals surface area contributed by atoms with Gasteiger partial charge in [0.15, 0.2) is 0 Å². The van der Waals surface area contributed by atoms with E-state index in [1.807, 2.05) is 18.2 Å². The van der Waals surface area contributed by atoms with Crippen LogP contribution in [-0.2, 0) is 11.2 Å². The van der Waals surface area contributed by atoms with E-state index in [0.717, 1.165) is 29.3 Å². The van der Waals surface area contributed by atoms with Crippen LogP contribution >= 0.6 is 24.0 Å². The number of benzene rings is 2. The number of carbonyl (C=O) groups excluding carboxylic acids is 1. The van der Waals surface area contributed by atoms with Crippen LogP contribution in [0.25, 0.3) is 6.08 Å². The summed E-state index contributed by atoms with van der Waals surface area (Å²) in [5.41, 5.74) is 5.71. The first-order valence-corrected chi connectivity index (χ1v) is 10.7. The van der Waals surface area contributed by atoms with E-state index in [1.54, 1.807) is 4.90 Å². The molecule has 2 aliphatic rings. The Bertz CT molecular complexity index is 995. The first kappa shape index (κ1) is 19.0. The van der Waals surface area contributed by atoms with E-state index in [2.05, 4.69) is 61.2 Å². The van der Waals surface area contributed by atoms with Crippen LogP contribution in [0.2, 0.25) is 0 Å². The van der Waals surface area contributed by atoms with Crippen molar-refractivity contribution < 1.29 is 4.79 Å². The number of anilines is 1. The van der Waals surface area contributed by atoms with Gasteiger partial charge < -0.3 is 4.90 Å². The standard InChI is InChI=1S/C23H22N2OS2/c1-3-24-19-11-9-16(2)15-18(19)10-12-20(24)21-22(26)25(23(27)28-21)14-13-17-7-5-4-6-8-17/h4-12,15H,3,13-14H2,1-2H3. The number of likely N-dealkylation sites (N-methyl/N-ethyl adjacent to an activating group) is 1. The Morgan fingerprint density at radius 3 is 2.57 bits per heavy atom. The highest BCUT2D eigenvalue weighted by Crippen LogP contribution is 2.39. The number of thioether (sulfide) groups is 1. The second-order valence-electron chi connectivity index (χ2n) is 6.91. The lowest BCUT2D eigenvalue weighted by Crippen LogP contribution is -2.32. The van der Waals surface area contributed by atoms with Crippen molar-refractivity contribution in [2.75, 3.05) is 18.0 Å². The number of allylic oxidation sites excluding steroid dienone is 1. The Hall–Kier alpha value is -2.37. The highest BCUT2D eigenvalue weighted by Gasteiger charge is 2.35. The van der Waals surface area contributed by atoms with E-state index in [4.69, 9.17) is 12.2 Å². The van der Waals surface area contributed by atoms with Crippen LogP contribution in [0.15, 0.2) is 65.2 Å². The molecule has 1 amide bonds. The van der Waals surface area contributed by atoms with Gasteiger partial charge in [-0.1, -0.05) is 72.0 Å². The van der Waals surface area contributed by atoms with Gasteiger partial charge in [0.1, 0.15) is 9.23 Å². The van der Waals surface area contributed by atoms with Crippen LogP contribution in [0, 0.1) is 6.92 Å². The Morgan fingerprint density at radius 2 is 1.82 bits per heavy atom. The van der Waals surface area contributed by atoms with E-state index in [1.165, 1.54) is 28.5 Å². The molecule has 0 bridgehead atoms. The number of hydrogen-bond acceptors (Lipinski definition) is 4. The van der Waals surface area contributed by atoms with Crippen molar-refractivity contribution in [1.82, 2.24) is 4.90 Å². The van der Waals surface area contributed by atoms with Gasteiger partial charge in [0.25, 0.3) is 5.91 Å². The molecule has 2 aromatic rings. The summed E-state index contributed by atoms with van der Waals surface area (Å²) >= 11 is 6.96. The largest absolute Gasteiger partial charge is 0.340 e. The molecule has 0 saturated carbocycles. The predicted molar refractivity (Wildman–Crippen MR) is 122 cm³/mol. The maximum Gasteiger partial charge on any atom is 0.268 e. The molecule has 0 aliphatic carbocycles. The molecule has 4 rings (SSSR count). The van der Waals surface area contributed by atoms with E-state index in [-0.39, 0.29) is 5.91 Å². The van der Waals surface area contributed by atoms with Gasteiger partial charge in [-0.2, -0.15) is 0 Å². The topological polar surface area (TPSA) is 23.6 Å². The molecule has 2 heterocycles. The quantitative estimate of drug-likeness (QED) is 0.517. The number of fused-ring (bicyclic) bond motifs is 1. The number of nitrogens with zero attached hydrogens (tertiary/aromatic N) is 2. The summed E-state index contributed by atoms with van der Waals surface area (Å²) in [6.07, 6.45) is 4.94. The molecular formula is C23H22N2OS2. The molecule has 0 spiro atoms. The third-order valence-corrected chi connectivity index (χ3v) is 6.50. The summed E-state index contributed by atoms with van der Waals surface area (Å²) < 4.78 is 0.641. The van der Waals surface area contributed by atoms with E-state index in [0.29, 0.717) is 10.9 Å². The lowest BCUT2D eigenvalue weighted by Gasteiger charge is -2.30. The Morgan fingerprint density at radius 1 is 1.04 bits per heavy atom. The van der Waals surface area contributed by atoms with E-state index >= 15 is 0 Å². The van der Waals surface area contributed by atoms with Gasteiger partial charge in [0.2, 0.25) is 0 Å². The zero-order valence-corrected chi connectivity index (χ0v) is 17.6. The third kappa shape index (κ3) is 3.52. The van der Waals surface area contributed by atoms with Crippen LogP contribution in [-0.4, -0.2) is 28.2 Å². The van der Waals surface area contributed by atoms with Gasteiger partial charge in [-0.3, -0.25) is 9.69 Å². The normalized spacial score (nSPS) is 18.8. The molecule has 0 N–H and O–H groups in total. The second kappa shape index (κ2) is 7.94. The van der Waals surface area contributed by atoms with Crippen molar-refractivity contribution in [3.8, 4) is 0 Å². The van der Waals surface area contributed by atoms with Crippen LogP contribution in [0.4, 0.5) is 5.69 Å². The second-order valence-corrected chi connectivity index (χ2v) is 8.56. The Kier molecular flexibility index (Phi) is 5.38. The van der Waals surface area contributed by atoms with Gasteiger partial charge in [0.05, 0.1) is 5.70 Å². The van der Waals surface area contributed by atoms with Crippen LogP contribution in [0.1, 0.15) is 23.6 Å². The predicted octanol–water partition coefficient (Wildman–Crippen LogP) is 5.16. The van der Waals surface area contributed by atoms with Crippen molar-refractivity contribution >= 4 is 46.0 Å². The van der Waals surface area contributed by atoms with Gasteiger partial charge in [0, 0.05) is 18.8 Å². The molecule has 0 atom stereocenters. The molecule has 142 valence electrons. The number of aryl methyl sites for hydroxylation is 1. The summed E-state index contributed by atoms with van der Waals surface area (Å²) in [5, 5.41) is 0. The molecule has 2 aliphatic heterocycles. The zero-order valence-electron chi connectivity index (χ0n) is 16.0. The maximum absolute atomic E-state index is 13.2. The minimum atomic E-state index is 0.0135. The molecule has 3 nitrogen and oxygen atoms in total. The molecule has 2 aromatic carbocycles. The van der Waals surface area contributed by atoms with Crippen LogP contribution < -0.4 is 4.90 Å². The van der Waals surface area contributed by atoms with Gasteiger partial charge >= 0.3 is 0 Å². The van der Waals surface area contributed by atoms with Crippen molar-refractivity contribution in [3.05, 3.63) is 81.9 Å². The molecule has 1 fully saturated rings. The Labute approximate surface area is 175 Å². The summed E-state index contributed by atoms with van der Waals surface area (Å²) in [5.74, 6) is 0.0135. The number of amides is 1. The number of thiocarbonyl (C=S) groups is 1. The smallest absolute Gasteiger partial charge is 0.268 e. The lowest BCUT2D eigenvalue weighted by atomic mass is 10.0. The van der Waals surface area contributed by atoms with E-state index in [9.17, 15) is 4.79 Å². The summed E-state index contributed by atoms with van der Waals surface area (Å²) in [6, 6.07) is 16.6. The Balaban J connectivity index is 1.62. The fraction of sp³-hybridized carbons (Fsp3) is 0.217. The van der Waals surface area contributed by atoms with Gasteiger partial charge in [-0.25, -0.2) is 0 Å². The monoisotopic (exact) mass is 406 g/mol. The summed E-state index contributed by atoms with van der Waals surface area (Å²) in [4.78, 5) is 17.8. The summed E-state index contributed by atoms with van der Waals surface area (Å²) in [7, 11) is 0. The van der Waals surface area contributed by atoms with Crippen LogP contribution in [0.3, 0.4) is 0 Å². The van der Waals surface area contributed by atoms with Crippen molar-refractivity contribution in [2.24, 2.45) is 0 Å². The molecule has 0 radical (unpaired) electrons. The average Bonchev–Trinajstić information content (AvgIpc) is 2.99.